The fourth-order valence-corrected chi connectivity index (χ4v) is 4.31. The maximum absolute atomic E-state index is 14.1. The summed E-state index contributed by atoms with van der Waals surface area (Å²) >= 11 is 0. The SMILES string of the molecule is Cc1cc(O)c(C(c2cccc(F)c2)N2CCCCC2)c(=O)n1Cc1cccnc1. The molecule has 2 aromatic heterocycles. The van der Waals surface area contributed by atoms with Crippen molar-refractivity contribution < 1.29 is 9.50 Å². The van der Waals surface area contributed by atoms with Gasteiger partial charge >= 0.3 is 0 Å². The zero-order valence-electron chi connectivity index (χ0n) is 17.1. The lowest BCUT2D eigenvalue weighted by Gasteiger charge is -2.35. The fourth-order valence-electron chi connectivity index (χ4n) is 4.31. The van der Waals surface area contributed by atoms with Crippen molar-refractivity contribution in [3.8, 4) is 5.75 Å². The van der Waals surface area contributed by atoms with E-state index < -0.39 is 6.04 Å². The first-order valence-electron chi connectivity index (χ1n) is 10.4. The second kappa shape index (κ2) is 8.79. The lowest BCUT2D eigenvalue weighted by atomic mass is 9.94. The predicted octanol–water partition coefficient (Wildman–Crippen LogP) is 4.02. The molecule has 1 aliphatic heterocycles. The number of rotatable bonds is 5. The van der Waals surface area contributed by atoms with Crippen molar-refractivity contribution in [3.05, 3.63) is 93.4 Å². The van der Waals surface area contributed by atoms with Crippen molar-refractivity contribution >= 4 is 0 Å². The number of likely N-dealkylation sites (tertiary alicyclic amines) is 1. The van der Waals surface area contributed by atoms with Crippen molar-refractivity contribution in [2.24, 2.45) is 0 Å². The molecule has 0 amide bonds. The molecule has 6 heteroatoms. The van der Waals surface area contributed by atoms with Crippen molar-refractivity contribution in [2.75, 3.05) is 13.1 Å². The monoisotopic (exact) mass is 407 g/mol. The first kappa shape index (κ1) is 20.3. The molecule has 4 rings (SSSR count). The first-order valence-corrected chi connectivity index (χ1v) is 10.4. The highest BCUT2D eigenvalue weighted by atomic mass is 19.1. The summed E-state index contributed by atoms with van der Waals surface area (Å²) in [6.45, 7) is 3.77. The lowest BCUT2D eigenvalue weighted by molar-refractivity contribution is 0.183. The molecule has 0 aliphatic carbocycles. The summed E-state index contributed by atoms with van der Waals surface area (Å²) in [5.74, 6) is -0.392. The summed E-state index contributed by atoms with van der Waals surface area (Å²) in [7, 11) is 0. The Hall–Kier alpha value is -2.99. The number of nitrogens with zero attached hydrogens (tertiary/aromatic N) is 3. The molecule has 156 valence electrons. The molecule has 1 saturated heterocycles. The third kappa shape index (κ3) is 4.14. The number of aromatic nitrogens is 2. The molecule has 0 saturated carbocycles. The Morgan fingerprint density at radius 1 is 1.13 bits per heavy atom. The van der Waals surface area contributed by atoms with Gasteiger partial charge in [-0.25, -0.2) is 4.39 Å². The summed E-state index contributed by atoms with van der Waals surface area (Å²) < 4.78 is 15.7. The minimum Gasteiger partial charge on any atom is -0.507 e. The van der Waals surface area contributed by atoms with Crippen LogP contribution < -0.4 is 5.56 Å². The molecule has 1 unspecified atom stereocenters. The molecule has 5 nitrogen and oxygen atoms in total. The van der Waals surface area contributed by atoms with Crippen molar-refractivity contribution in [1.29, 1.82) is 0 Å². The zero-order valence-corrected chi connectivity index (χ0v) is 17.1. The van der Waals surface area contributed by atoms with Gasteiger partial charge in [-0.1, -0.05) is 24.6 Å². The maximum atomic E-state index is 14.1. The van der Waals surface area contributed by atoms with E-state index in [1.54, 1.807) is 36.0 Å². The molecule has 0 radical (unpaired) electrons. The van der Waals surface area contributed by atoms with Gasteiger partial charge in [0.05, 0.1) is 18.2 Å². The smallest absolute Gasteiger partial charge is 0.259 e. The highest BCUT2D eigenvalue weighted by molar-refractivity contribution is 5.41. The van der Waals surface area contributed by atoms with E-state index in [0.717, 1.165) is 37.9 Å². The van der Waals surface area contributed by atoms with Crippen LogP contribution in [0.5, 0.6) is 5.75 Å². The second-order valence-corrected chi connectivity index (χ2v) is 7.89. The molecule has 1 N–H and O–H groups in total. The standard InChI is InChI=1S/C24H26FN3O2/c1-17-13-21(29)22(24(30)28(17)16-18-7-6-10-26-15-18)23(27-11-3-2-4-12-27)19-8-5-9-20(25)14-19/h5-10,13-15,23,29H,2-4,11-12,16H2,1H3. The zero-order chi connectivity index (χ0) is 21.1. The second-order valence-electron chi connectivity index (χ2n) is 7.89. The van der Waals surface area contributed by atoms with Gasteiger partial charge in [-0.05, 0) is 68.2 Å². The van der Waals surface area contributed by atoms with Crippen LogP contribution in [-0.2, 0) is 6.54 Å². The van der Waals surface area contributed by atoms with Gasteiger partial charge in [-0.15, -0.1) is 0 Å². The number of benzene rings is 1. The van der Waals surface area contributed by atoms with Gasteiger partial charge in [0.15, 0.2) is 0 Å². The Bertz CT molecular complexity index is 1080. The van der Waals surface area contributed by atoms with E-state index in [0.29, 0.717) is 23.4 Å². The van der Waals surface area contributed by atoms with E-state index >= 15 is 0 Å². The lowest BCUT2D eigenvalue weighted by Crippen LogP contribution is -2.39. The number of hydrogen-bond acceptors (Lipinski definition) is 4. The van der Waals surface area contributed by atoms with Crippen molar-refractivity contribution in [2.45, 2.75) is 38.8 Å². The van der Waals surface area contributed by atoms with Gasteiger partial charge in [0.2, 0.25) is 0 Å². The maximum Gasteiger partial charge on any atom is 0.259 e. The van der Waals surface area contributed by atoms with Gasteiger partial charge < -0.3 is 9.67 Å². The van der Waals surface area contributed by atoms with Crippen LogP contribution in [0.25, 0.3) is 0 Å². The molecular weight excluding hydrogens is 381 g/mol. The van der Waals surface area contributed by atoms with Crippen LogP contribution in [-0.4, -0.2) is 32.6 Å². The number of piperidine rings is 1. The van der Waals surface area contributed by atoms with E-state index in [2.05, 4.69) is 9.88 Å². The van der Waals surface area contributed by atoms with Crippen LogP contribution >= 0.6 is 0 Å². The predicted molar refractivity (Wildman–Crippen MR) is 114 cm³/mol. The number of aryl methyl sites for hydroxylation is 1. The highest BCUT2D eigenvalue weighted by Crippen LogP contribution is 2.34. The molecular formula is C24H26FN3O2. The normalized spacial score (nSPS) is 15.8. The number of pyridine rings is 2. The Morgan fingerprint density at radius 3 is 2.63 bits per heavy atom. The topological polar surface area (TPSA) is 58.4 Å². The van der Waals surface area contributed by atoms with Crippen LogP contribution in [0.15, 0.2) is 59.7 Å². The molecule has 0 bridgehead atoms. The Balaban J connectivity index is 1.85. The fraction of sp³-hybridized carbons (Fsp3) is 0.333. The highest BCUT2D eigenvalue weighted by Gasteiger charge is 2.30. The van der Waals surface area contributed by atoms with E-state index in [1.807, 2.05) is 18.2 Å². The largest absolute Gasteiger partial charge is 0.507 e. The minimum atomic E-state index is -0.491. The molecule has 3 aromatic rings. The van der Waals surface area contributed by atoms with Crippen LogP contribution in [0.1, 0.15) is 47.7 Å². The van der Waals surface area contributed by atoms with Crippen molar-refractivity contribution in [3.63, 3.8) is 0 Å². The molecule has 3 heterocycles. The van der Waals surface area contributed by atoms with Crippen LogP contribution in [0.3, 0.4) is 0 Å². The summed E-state index contributed by atoms with van der Waals surface area (Å²) in [6, 6.07) is 11.2. The average molecular weight is 407 g/mol. The Kier molecular flexibility index (Phi) is 5.95. The van der Waals surface area contributed by atoms with Crippen molar-refractivity contribution in [1.82, 2.24) is 14.5 Å². The van der Waals surface area contributed by atoms with E-state index in [-0.39, 0.29) is 17.1 Å². The van der Waals surface area contributed by atoms with E-state index in [1.165, 1.54) is 12.1 Å². The third-order valence-corrected chi connectivity index (χ3v) is 5.78. The Morgan fingerprint density at radius 2 is 1.93 bits per heavy atom. The first-order chi connectivity index (χ1) is 14.5. The third-order valence-electron chi connectivity index (χ3n) is 5.78. The summed E-state index contributed by atoms with van der Waals surface area (Å²) in [4.78, 5) is 19.9. The van der Waals surface area contributed by atoms with Gasteiger partial charge in [-0.3, -0.25) is 14.7 Å². The van der Waals surface area contributed by atoms with Gasteiger partial charge in [-0.2, -0.15) is 0 Å². The van der Waals surface area contributed by atoms with Gasteiger partial charge in [0.25, 0.3) is 5.56 Å². The minimum absolute atomic E-state index is 0.0419. The average Bonchev–Trinajstić information content (AvgIpc) is 2.75. The summed E-state index contributed by atoms with van der Waals surface area (Å²) in [6.07, 6.45) is 6.59. The molecule has 0 spiro atoms. The summed E-state index contributed by atoms with van der Waals surface area (Å²) in [5.41, 5.74) is 2.30. The quantitative estimate of drug-likeness (QED) is 0.694. The Labute approximate surface area is 175 Å². The van der Waals surface area contributed by atoms with Crippen LogP contribution in [0, 0.1) is 12.7 Å². The molecule has 1 fully saturated rings. The van der Waals surface area contributed by atoms with Gasteiger partial charge in [0, 0.05) is 18.1 Å². The number of halogens is 1. The molecule has 1 aliphatic rings. The molecule has 30 heavy (non-hydrogen) atoms. The molecule has 1 atom stereocenters. The number of aromatic hydroxyl groups is 1. The van der Waals surface area contributed by atoms with Crippen LogP contribution in [0.2, 0.25) is 0 Å². The van der Waals surface area contributed by atoms with Gasteiger partial charge in [0.1, 0.15) is 11.6 Å². The summed E-state index contributed by atoms with van der Waals surface area (Å²) in [5, 5.41) is 10.8. The number of hydrogen-bond donors (Lipinski definition) is 1. The van der Waals surface area contributed by atoms with E-state index in [4.69, 9.17) is 0 Å². The van der Waals surface area contributed by atoms with Crippen LogP contribution in [0.4, 0.5) is 4.39 Å². The molecule has 1 aromatic carbocycles. The van der Waals surface area contributed by atoms with E-state index in [9.17, 15) is 14.3 Å².